The molecular weight excluding hydrogens is 344 g/mol. The van der Waals surface area contributed by atoms with Gasteiger partial charge in [-0.05, 0) is 24.5 Å². The van der Waals surface area contributed by atoms with Crippen LogP contribution in [0, 0.1) is 5.92 Å². The SMILES string of the molecule is CCC(CC)C1OC(CO)C(OC2OC(CO)C(C)=C[C@@H]2O)C(O)C1O. The topological polar surface area (TPSA) is 129 Å². The molecule has 2 heterocycles. The second kappa shape index (κ2) is 9.57. The van der Waals surface area contributed by atoms with Gasteiger partial charge in [-0.3, -0.25) is 0 Å². The second-order valence-electron chi connectivity index (χ2n) is 7.06. The van der Waals surface area contributed by atoms with Crippen LogP contribution in [0.4, 0.5) is 0 Å². The van der Waals surface area contributed by atoms with Crippen molar-refractivity contribution in [1.82, 2.24) is 0 Å². The van der Waals surface area contributed by atoms with Crippen molar-refractivity contribution < 1.29 is 39.7 Å². The van der Waals surface area contributed by atoms with Gasteiger partial charge in [-0.1, -0.05) is 26.7 Å². The van der Waals surface area contributed by atoms with Gasteiger partial charge >= 0.3 is 0 Å². The van der Waals surface area contributed by atoms with Crippen molar-refractivity contribution in [2.24, 2.45) is 5.92 Å². The number of aliphatic hydroxyl groups is 5. The van der Waals surface area contributed by atoms with Gasteiger partial charge in [0.25, 0.3) is 0 Å². The first kappa shape index (κ1) is 21.7. The maximum atomic E-state index is 10.6. The molecule has 0 aromatic rings. The van der Waals surface area contributed by atoms with Crippen LogP contribution >= 0.6 is 0 Å². The molecule has 0 aromatic heterocycles. The molecule has 0 aromatic carbocycles. The van der Waals surface area contributed by atoms with Crippen LogP contribution in [-0.4, -0.2) is 87.8 Å². The molecular formula is C18H32O8. The molecule has 26 heavy (non-hydrogen) atoms. The van der Waals surface area contributed by atoms with Crippen molar-refractivity contribution in [3.05, 3.63) is 11.6 Å². The summed E-state index contributed by atoms with van der Waals surface area (Å²) in [7, 11) is 0. The predicted octanol–water partition coefficient (Wildman–Crippen LogP) is -0.686. The highest BCUT2D eigenvalue weighted by Gasteiger charge is 2.48. The zero-order valence-electron chi connectivity index (χ0n) is 15.6. The first-order valence-corrected chi connectivity index (χ1v) is 9.28. The molecule has 0 spiro atoms. The molecule has 2 aliphatic heterocycles. The van der Waals surface area contributed by atoms with Crippen LogP contribution in [0.25, 0.3) is 0 Å². The first-order chi connectivity index (χ1) is 12.4. The Kier molecular flexibility index (Phi) is 7.99. The lowest BCUT2D eigenvalue weighted by Gasteiger charge is -2.46. The molecule has 5 N–H and O–H groups in total. The molecule has 0 saturated carbocycles. The standard InChI is InChI=1S/C18H32O8/c1-4-10(5-2)16-14(22)15(23)17(13(8-20)24-16)26-18-11(21)6-9(3)12(7-19)25-18/h6,10-23H,4-5,7-8H2,1-3H3/t11-,12?,13?,14?,15?,16?,17?,18?/m0/s1. The molecule has 0 amide bonds. The fourth-order valence-electron chi connectivity index (χ4n) is 3.69. The van der Waals surface area contributed by atoms with Gasteiger partial charge in [-0.2, -0.15) is 0 Å². The normalized spacial score (nSPS) is 41.3. The summed E-state index contributed by atoms with van der Waals surface area (Å²) in [6.07, 6.45) is -4.86. The van der Waals surface area contributed by atoms with Crippen molar-refractivity contribution in [2.75, 3.05) is 13.2 Å². The zero-order valence-corrected chi connectivity index (χ0v) is 15.6. The third-order valence-corrected chi connectivity index (χ3v) is 5.39. The lowest BCUT2D eigenvalue weighted by atomic mass is 9.85. The van der Waals surface area contributed by atoms with E-state index in [2.05, 4.69) is 0 Å². The number of hydrogen-bond acceptors (Lipinski definition) is 8. The number of ether oxygens (including phenoxy) is 3. The number of hydrogen-bond donors (Lipinski definition) is 5. The summed E-state index contributed by atoms with van der Waals surface area (Å²) in [4.78, 5) is 0. The Morgan fingerprint density at radius 2 is 1.69 bits per heavy atom. The Morgan fingerprint density at radius 1 is 1.04 bits per heavy atom. The summed E-state index contributed by atoms with van der Waals surface area (Å²) in [6.45, 7) is 4.99. The maximum Gasteiger partial charge on any atom is 0.188 e. The molecule has 2 aliphatic rings. The minimum Gasteiger partial charge on any atom is -0.394 e. The summed E-state index contributed by atoms with van der Waals surface area (Å²) in [5, 5.41) is 50.3. The Morgan fingerprint density at radius 3 is 2.23 bits per heavy atom. The maximum absolute atomic E-state index is 10.6. The van der Waals surface area contributed by atoms with E-state index in [0.717, 1.165) is 12.8 Å². The van der Waals surface area contributed by atoms with Gasteiger partial charge in [0.1, 0.15) is 36.6 Å². The van der Waals surface area contributed by atoms with Gasteiger partial charge < -0.3 is 39.7 Å². The summed E-state index contributed by atoms with van der Waals surface area (Å²) in [6, 6.07) is 0. The molecule has 2 rings (SSSR count). The Hall–Kier alpha value is -0.580. The number of aliphatic hydroxyl groups excluding tert-OH is 5. The Labute approximate surface area is 154 Å². The van der Waals surface area contributed by atoms with E-state index in [-0.39, 0.29) is 12.5 Å². The molecule has 8 atom stereocenters. The lowest BCUT2D eigenvalue weighted by molar-refractivity contribution is -0.306. The van der Waals surface area contributed by atoms with Crippen LogP contribution in [0.2, 0.25) is 0 Å². The third-order valence-electron chi connectivity index (χ3n) is 5.39. The Bertz CT molecular complexity index is 464. The average molecular weight is 376 g/mol. The minimum atomic E-state index is -1.30. The first-order valence-electron chi connectivity index (χ1n) is 9.28. The molecule has 8 heteroatoms. The molecule has 7 unspecified atom stereocenters. The van der Waals surface area contributed by atoms with Gasteiger partial charge in [-0.15, -0.1) is 0 Å². The molecule has 0 bridgehead atoms. The second-order valence-corrected chi connectivity index (χ2v) is 7.06. The van der Waals surface area contributed by atoms with E-state index in [4.69, 9.17) is 14.2 Å². The molecule has 1 saturated heterocycles. The average Bonchev–Trinajstić information content (AvgIpc) is 2.63. The lowest BCUT2D eigenvalue weighted by Crippen LogP contribution is -2.62. The van der Waals surface area contributed by atoms with Crippen LogP contribution in [0.1, 0.15) is 33.6 Å². The van der Waals surface area contributed by atoms with Crippen LogP contribution < -0.4 is 0 Å². The van der Waals surface area contributed by atoms with Crippen LogP contribution in [0.3, 0.4) is 0 Å². The summed E-state index contributed by atoms with van der Waals surface area (Å²) < 4.78 is 17.1. The van der Waals surface area contributed by atoms with E-state index in [1.54, 1.807) is 6.92 Å². The van der Waals surface area contributed by atoms with E-state index in [0.29, 0.717) is 5.57 Å². The quantitative estimate of drug-likeness (QED) is 0.370. The number of rotatable bonds is 7. The van der Waals surface area contributed by atoms with Crippen LogP contribution in [0.5, 0.6) is 0 Å². The van der Waals surface area contributed by atoms with Gasteiger partial charge in [-0.25, -0.2) is 0 Å². The monoisotopic (exact) mass is 376 g/mol. The fourth-order valence-corrected chi connectivity index (χ4v) is 3.69. The summed E-state index contributed by atoms with van der Waals surface area (Å²) in [5.74, 6) is 0.0375. The van der Waals surface area contributed by atoms with E-state index in [9.17, 15) is 25.5 Å². The van der Waals surface area contributed by atoms with Crippen molar-refractivity contribution in [1.29, 1.82) is 0 Å². The van der Waals surface area contributed by atoms with Crippen LogP contribution in [-0.2, 0) is 14.2 Å². The van der Waals surface area contributed by atoms with Gasteiger partial charge in [0.15, 0.2) is 6.29 Å². The van der Waals surface area contributed by atoms with Crippen molar-refractivity contribution in [3.8, 4) is 0 Å². The third kappa shape index (κ3) is 4.45. The van der Waals surface area contributed by atoms with Gasteiger partial charge in [0.2, 0.25) is 0 Å². The molecule has 8 nitrogen and oxygen atoms in total. The molecule has 0 radical (unpaired) electrons. The summed E-state index contributed by atoms with van der Waals surface area (Å²) >= 11 is 0. The van der Waals surface area contributed by atoms with Crippen molar-refractivity contribution in [3.63, 3.8) is 0 Å². The summed E-state index contributed by atoms with van der Waals surface area (Å²) in [5.41, 5.74) is 0.674. The predicted molar refractivity (Wildman–Crippen MR) is 92.2 cm³/mol. The van der Waals surface area contributed by atoms with Crippen LogP contribution in [0.15, 0.2) is 11.6 Å². The molecule has 0 aliphatic carbocycles. The van der Waals surface area contributed by atoms with Crippen molar-refractivity contribution >= 4 is 0 Å². The van der Waals surface area contributed by atoms with Gasteiger partial charge in [0, 0.05) is 0 Å². The van der Waals surface area contributed by atoms with E-state index in [1.165, 1.54) is 6.08 Å². The van der Waals surface area contributed by atoms with Crippen molar-refractivity contribution in [2.45, 2.75) is 82.6 Å². The van der Waals surface area contributed by atoms with E-state index >= 15 is 0 Å². The zero-order chi connectivity index (χ0) is 19.4. The minimum absolute atomic E-state index is 0.0375. The van der Waals surface area contributed by atoms with E-state index < -0.39 is 55.6 Å². The molecule has 152 valence electrons. The molecule has 1 fully saturated rings. The Balaban J connectivity index is 2.13. The highest BCUT2D eigenvalue weighted by molar-refractivity contribution is 5.12. The smallest absolute Gasteiger partial charge is 0.188 e. The fraction of sp³-hybridized carbons (Fsp3) is 0.889. The largest absolute Gasteiger partial charge is 0.394 e. The highest BCUT2D eigenvalue weighted by atomic mass is 16.7. The van der Waals surface area contributed by atoms with E-state index in [1.807, 2.05) is 13.8 Å². The highest BCUT2D eigenvalue weighted by Crippen LogP contribution is 2.32. The van der Waals surface area contributed by atoms with Gasteiger partial charge in [0.05, 0.1) is 19.3 Å².